The topological polar surface area (TPSA) is 137 Å². The molecule has 0 bridgehead atoms. The summed E-state index contributed by atoms with van der Waals surface area (Å²) in [5, 5.41) is 7.36. The fourth-order valence-electron chi connectivity index (χ4n) is 5.46. The molecule has 1 aliphatic carbocycles. The van der Waals surface area contributed by atoms with Gasteiger partial charge in [-0.05, 0) is 89.5 Å². The number of amides is 1. The number of unbranched alkanes of at least 4 members (excludes halogenated alkanes) is 1. The van der Waals surface area contributed by atoms with E-state index in [0.717, 1.165) is 38.4 Å². The maximum absolute atomic E-state index is 13.1. The normalized spacial score (nSPS) is 18.7. The third-order valence-electron chi connectivity index (χ3n) is 8.33. The summed E-state index contributed by atoms with van der Waals surface area (Å²) in [4.78, 5) is 20.7. The largest absolute Gasteiger partial charge is 0.478 e. The highest BCUT2D eigenvalue weighted by Crippen LogP contribution is 2.59. The second-order valence-electron chi connectivity index (χ2n) is 12.4. The van der Waals surface area contributed by atoms with Crippen molar-refractivity contribution in [1.82, 2.24) is 29.8 Å². The molecule has 46 heavy (non-hydrogen) atoms. The molecule has 1 saturated heterocycles. The van der Waals surface area contributed by atoms with E-state index in [-0.39, 0.29) is 64.6 Å². The second-order valence-corrected chi connectivity index (χ2v) is 14.5. The second kappa shape index (κ2) is 13.4. The Morgan fingerprint density at radius 1 is 1.11 bits per heavy atom. The van der Waals surface area contributed by atoms with Crippen molar-refractivity contribution in [1.29, 1.82) is 0 Å². The number of hydrogen-bond acceptors (Lipinski definition) is 9. The Balaban J connectivity index is 1.09. The van der Waals surface area contributed by atoms with Gasteiger partial charge in [-0.3, -0.25) is 4.79 Å². The molecule has 1 amide bonds. The first-order valence-corrected chi connectivity index (χ1v) is 16.9. The van der Waals surface area contributed by atoms with Gasteiger partial charge in [-0.15, -0.1) is 5.10 Å². The summed E-state index contributed by atoms with van der Waals surface area (Å²) < 4.78 is 79.3. The molecule has 0 radical (unpaired) electrons. The highest BCUT2D eigenvalue weighted by atomic mass is 35.5. The van der Waals surface area contributed by atoms with Crippen LogP contribution in [0.15, 0.2) is 47.6 Å². The monoisotopic (exact) mass is 684 g/mol. The molecule has 2 aliphatic rings. The Morgan fingerprint density at radius 2 is 1.87 bits per heavy atom. The van der Waals surface area contributed by atoms with Crippen LogP contribution in [-0.2, 0) is 10.0 Å². The van der Waals surface area contributed by atoms with Gasteiger partial charge in [0.15, 0.2) is 5.82 Å². The van der Waals surface area contributed by atoms with Gasteiger partial charge in [0.1, 0.15) is 10.0 Å². The van der Waals surface area contributed by atoms with E-state index in [0.29, 0.717) is 12.5 Å². The molecule has 1 atom stereocenters. The van der Waals surface area contributed by atoms with E-state index in [2.05, 4.69) is 34.2 Å². The van der Waals surface area contributed by atoms with Crippen molar-refractivity contribution in [2.75, 3.05) is 19.8 Å². The highest BCUT2D eigenvalue weighted by Gasteiger charge is 2.62. The lowest BCUT2D eigenvalue weighted by atomic mass is 9.93. The zero-order valence-electron chi connectivity index (χ0n) is 25.4. The Hall–Kier alpha value is -3.43. The molecule has 4 heterocycles. The standard InChI is InChI=1S/C30H36ClF3N6O5S/c1-28(2)17-20(18-36-28)5-3-4-15-44-24-9-6-21(19-35-24)46(42,43)39-27(41)22-7-8-23(37-26(22)31)40-14-10-25(38-40)45-16-13-29(11-12-29)30(32,33)34/h6-10,14,19-20,36H,3-5,11-13,15-18H2,1-2H3,(H,39,41). The minimum atomic E-state index is -4.29. The molecule has 1 unspecified atom stereocenters. The van der Waals surface area contributed by atoms with E-state index in [1.54, 1.807) is 0 Å². The maximum Gasteiger partial charge on any atom is 0.394 e. The van der Waals surface area contributed by atoms with Gasteiger partial charge in [-0.1, -0.05) is 11.6 Å². The SMILES string of the molecule is CC1(C)CC(CCCCOc2ccc(S(=O)(=O)NC(=O)c3ccc(-n4ccc(OCCC5(C(F)(F)F)CC5)n4)nc3Cl)cn2)CN1. The van der Waals surface area contributed by atoms with Gasteiger partial charge >= 0.3 is 6.18 Å². The number of rotatable bonds is 14. The van der Waals surface area contributed by atoms with Crippen molar-refractivity contribution in [2.24, 2.45) is 11.3 Å². The van der Waals surface area contributed by atoms with Crippen molar-refractivity contribution in [3.8, 4) is 17.6 Å². The summed E-state index contributed by atoms with van der Waals surface area (Å²) in [6, 6.07) is 6.83. The first-order valence-electron chi connectivity index (χ1n) is 15.0. The Bertz CT molecular complexity index is 1650. The number of pyridine rings is 2. The average Bonchev–Trinajstić information content (AvgIpc) is 3.51. The van der Waals surface area contributed by atoms with Crippen LogP contribution < -0.4 is 19.5 Å². The molecule has 1 saturated carbocycles. The molecule has 2 fully saturated rings. The summed E-state index contributed by atoms with van der Waals surface area (Å²) >= 11 is 6.20. The molecule has 3 aromatic heterocycles. The Labute approximate surface area is 270 Å². The first kappa shape index (κ1) is 33.9. The molecule has 1 aliphatic heterocycles. The van der Waals surface area contributed by atoms with Gasteiger partial charge in [0.25, 0.3) is 15.9 Å². The van der Waals surface area contributed by atoms with E-state index >= 15 is 0 Å². The van der Waals surface area contributed by atoms with Gasteiger partial charge in [-0.25, -0.2) is 27.8 Å². The molecule has 250 valence electrons. The quantitative estimate of drug-likeness (QED) is 0.167. The average molecular weight is 685 g/mol. The maximum atomic E-state index is 13.1. The number of halogens is 4. The summed E-state index contributed by atoms with van der Waals surface area (Å²) in [6.07, 6.45) is 2.46. The predicted octanol–water partition coefficient (Wildman–Crippen LogP) is 5.48. The van der Waals surface area contributed by atoms with Crippen LogP contribution in [0.3, 0.4) is 0 Å². The summed E-state index contributed by atoms with van der Waals surface area (Å²) in [5.74, 6) is 0.193. The molecule has 16 heteroatoms. The van der Waals surface area contributed by atoms with Gasteiger partial charge < -0.3 is 14.8 Å². The number of sulfonamides is 1. The van der Waals surface area contributed by atoms with Crippen molar-refractivity contribution in [2.45, 2.75) is 75.4 Å². The first-order chi connectivity index (χ1) is 21.7. The lowest BCUT2D eigenvalue weighted by Crippen LogP contribution is -2.31. The van der Waals surface area contributed by atoms with E-state index in [4.69, 9.17) is 21.1 Å². The highest BCUT2D eigenvalue weighted by molar-refractivity contribution is 7.90. The van der Waals surface area contributed by atoms with Crippen molar-refractivity contribution in [3.63, 3.8) is 0 Å². The van der Waals surface area contributed by atoms with Crippen molar-refractivity contribution < 1.29 is 35.9 Å². The number of ether oxygens (including phenoxy) is 2. The fourth-order valence-corrected chi connectivity index (χ4v) is 6.61. The number of nitrogens with one attached hydrogen (secondary N) is 2. The van der Waals surface area contributed by atoms with Gasteiger partial charge in [0.05, 0.1) is 30.4 Å². The number of alkyl halides is 3. The van der Waals surface area contributed by atoms with Gasteiger partial charge in [0, 0.05) is 23.9 Å². The molecule has 11 nitrogen and oxygen atoms in total. The van der Waals surface area contributed by atoms with Crippen LogP contribution in [0, 0.1) is 11.3 Å². The third kappa shape index (κ3) is 8.28. The predicted molar refractivity (Wildman–Crippen MR) is 163 cm³/mol. The molecular weight excluding hydrogens is 649 g/mol. The van der Waals surface area contributed by atoms with E-state index < -0.39 is 27.5 Å². The minimum Gasteiger partial charge on any atom is -0.478 e. The molecule has 2 N–H and O–H groups in total. The fraction of sp³-hybridized carbons (Fsp3) is 0.533. The molecule has 3 aromatic rings. The van der Waals surface area contributed by atoms with E-state index in [9.17, 15) is 26.4 Å². The van der Waals surface area contributed by atoms with E-state index in [1.165, 1.54) is 41.2 Å². The zero-order chi connectivity index (χ0) is 33.2. The molecular formula is C30H36ClF3N6O5S. The molecule has 0 spiro atoms. The third-order valence-corrected chi connectivity index (χ3v) is 9.94. The van der Waals surface area contributed by atoms with Crippen LogP contribution in [0.5, 0.6) is 11.8 Å². The number of aromatic nitrogens is 4. The van der Waals surface area contributed by atoms with Crippen LogP contribution in [0.25, 0.3) is 5.82 Å². The molecule has 5 rings (SSSR count). The van der Waals surface area contributed by atoms with Crippen LogP contribution in [0.1, 0.15) is 69.2 Å². The van der Waals surface area contributed by atoms with Crippen LogP contribution in [0.4, 0.5) is 13.2 Å². The number of hydrogen-bond donors (Lipinski definition) is 2. The summed E-state index contributed by atoms with van der Waals surface area (Å²) in [5.41, 5.74) is -1.69. The van der Waals surface area contributed by atoms with E-state index in [1.807, 2.05) is 4.72 Å². The number of carbonyl (C=O) groups is 1. The van der Waals surface area contributed by atoms with Crippen LogP contribution in [-0.4, -0.2) is 65.5 Å². The Morgan fingerprint density at radius 3 is 2.50 bits per heavy atom. The van der Waals surface area contributed by atoms with Crippen LogP contribution >= 0.6 is 11.6 Å². The minimum absolute atomic E-state index is 0.0913. The van der Waals surface area contributed by atoms with Crippen molar-refractivity contribution in [3.05, 3.63) is 53.4 Å². The molecule has 0 aromatic carbocycles. The Kier molecular flexibility index (Phi) is 9.85. The lowest BCUT2D eigenvalue weighted by molar-refractivity contribution is -0.190. The zero-order valence-corrected chi connectivity index (χ0v) is 27.0. The smallest absolute Gasteiger partial charge is 0.394 e. The summed E-state index contributed by atoms with van der Waals surface area (Å²) in [6.45, 7) is 5.75. The number of nitrogens with zero attached hydrogens (tertiary/aromatic N) is 4. The van der Waals surface area contributed by atoms with Crippen LogP contribution in [0.2, 0.25) is 5.15 Å². The lowest BCUT2D eigenvalue weighted by Gasteiger charge is -2.18. The summed E-state index contributed by atoms with van der Waals surface area (Å²) in [7, 11) is -4.29. The van der Waals surface area contributed by atoms with Gasteiger partial charge in [-0.2, -0.15) is 13.2 Å². The van der Waals surface area contributed by atoms with Crippen molar-refractivity contribution >= 4 is 27.5 Å². The number of carbonyl (C=O) groups excluding carboxylic acids is 1. The van der Waals surface area contributed by atoms with Gasteiger partial charge in [0.2, 0.25) is 11.8 Å².